The smallest absolute Gasteiger partial charge is 0.410 e. The standard InChI is InChI=1S/C35H50N6O9S/c1-34(2,3)50-32(45)36-27-14-8-6-4-5-7-13-24-18-35(24,31(44)39-51(47,48)38-25-15-16-25)37-29(42)28-17-26(21-41(28)30(27)43)49-33(46)40-19-22-11-9-10-12-23(22)20-40/h9-12,24-28,38H,4-8,13-21H2,1-3H3,(H,36,45)(H,37,42)(H,39,44)/t24-,26-,27+,28+,35-/m1/s1. The second-order valence-corrected chi connectivity index (χ2v) is 17.1. The van der Waals surface area contributed by atoms with E-state index >= 15 is 0 Å². The molecule has 4 fully saturated rings. The molecular formula is C35H50N6O9S. The average molecular weight is 731 g/mol. The molecule has 5 aliphatic rings. The minimum atomic E-state index is -4.15. The van der Waals surface area contributed by atoms with Crippen LogP contribution >= 0.6 is 0 Å². The average Bonchev–Trinajstić information content (AvgIpc) is 3.88. The first-order chi connectivity index (χ1) is 24.1. The van der Waals surface area contributed by atoms with Gasteiger partial charge in [0.2, 0.25) is 11.8 Å². The van der Waals surface area contributed by atoms with E-state index in [1.54, 1.807) is 25.7 Å². The number of hydrogen-bond donors (Lipinski definition) is 4. The van der Waals surface area contributed by atoms with Gasteiger partial charge in [0.05, 0.1) is 6.54 Å². The Balaban J connectivity index is 1.23. The summed E-state index contributed by atoms with van der Waals surface area (Å²) in [6.07, 6.45) is 4.19. The molecule has 5 amide bonds. The largest absolute Gasteiger partial charge is 0.444 e. The van der Waals surface area contributed by atoms with Crippen LogP contribution < -0.4 is 20.1 Å². The summed E-state index contributed by atoms with van der Waals surface area (Å²) >= 11 is 0. The number of benzene rings is 1. The summed E-state index contributed by atoms with van der Waals surface area (Å²) in [5.74, 6) is -2.31. The SMILES string of the molecule is CC(C)(C)OC(=O)N[C@H]1CCCCCCC[C@@H]2C[C@@]2(C(=O)NS(=O)(=O)NC2CC2)NC(=O)[C@@H]2C[C@@H](OC(=O)N3Cc4ccccc4C3)CN2C1=O. The fourth-order valence-corrected chi connectivity index (χ4v) is 8.52. The van der Waals surface area contributed by atoms with Crippen LogP contribution in [0.15, 0.2) is 24.3 Å². The quantitative estimate of drug-likeness (QED) is 0.341. The van der Waals surface area contributed by atoms with E-state index in [0.717, 1.165) is 36.8 Å². The van der Waals surface area contributed by atoms with Gasteiger partial charge >= 0.3 is 22.4 Å². The highest BCUT2D eigenvalue weighted by Crippen LogP contribution is 2.48. The van der Waals surface area contributed by atoms with Crippen LogP contribution in [0.2, 0.25) is 0 Å². The van der Waals surface area contributed by atoms with Crippen molar-refractivity contribution in [3.8, 4) is 0 Å². The summed E-state index contributed by atoms with van der Waals surface area (Å²) in [7, 11) is -4.15. The van der Waals surface area contributed by atoms with Gasteiger partial charge in [-0.05, 0) is 69.9 Å². The third-order valence-corrected chi connectivity index (χ3v) is 11.3. The highest BCUT2D eigenvalue weighted by atomic mass is 32.2. The molecule has 51 heavy (non-hydrogen) atoms. The second-order valence-electron chi connectivity index (χ2n) is 15.6. The van der Waals surface area contributed by atoms with E-state index in [0.29, 0.717) is 45.2 Å². The lowest BCUT2D eigenvalue weighted by atomic mass is 10.0. The lowest BCUT2D eigenvalue weighted by Gasteiger charge is -2.30. The molecule has 4 N–H and O–H groups in total. The molecule has 1 aromatic rings. The summed E-state index contributed by atoms with van der Waals surface area (Å²) in [5.41, 5.74) is -0.268. The number of amides is 5. The molecule has 5 atom stereocenters. The molecule has 6 rings (SSSR count). The molecule has 0 radical (unpaired) electrons. The maximum atomic E-state index is 14.3. The molecule has 1 aromatic carbocycles. The Morgan fingerprint density at radius 3 is 2.24 bits per heavy atom. The van der Waals surface area contributed by atoms with E-state index in [1.165, 1.54) is 4.90 Å². The first-order valence-electron chi connectivity index (χ1n) is 18.1. The zero-order valence-corrected chi connectivity index (χ0v) is 30.4. The Labute approximate surface area is 299 Å². The van der Waals surface area contributed by atoms with Gasteiger partial charge in [0.15, 0.2) is 0 Å². The van der Waals surface area contributed by atoms with Crippen molar-refractivity contribution in [2.24, 2.45) is 5.92 Å². The number of rotatable bonds is 6. The number of nitrogens with zero attached hydrogens (tertiary/aromatic N) is 2. The third kappa shape index (κ3) is 9.12. The van der Waals surface area contributed by atoms with Crippen molar-refractivity contribution in [2.75, 3.05) is 6.54 Å². The van der Waals surface area contributed by atoms with Gasteiger partial charge in [-0.2, -0.15) is 13.1 Å². The molecule has 0 bridgehead atoms. The Bertz CT molecular complexity index is 1620. The van der Waals surface area contributed by atoms with Crippen LogP contribution in [0.3, 0.4) is 0 Å². The predicted octanol–water partition coefficient (Wildman–Crippen LogP) is 2.73. The Morgan fingerprint density at radius 1 is 0.941 bits per heavy atom. The van der Waals surface area contributed by atoms with Gasteiger partial charge in [-0.1, -0.05) is 56.4 Å². The van der Waals surface area contributed by atoms with E-state index in [1.807, 2.05) is 24.3 Å². The molecule has 3 aliphatic heterocycles. The monoisotopic (exact) mass is 730 g/mol. The molecule has 280 valence electrons. The van der Waals surface area contributed by atoms with Crippen LogP contribution in [-0.2, 0) is 47.2 Å². The Morgan fingerprint density at radius 2 is 1.59 bits per heavy atom. The van der Waals surface area contributed by atoms with Crippen LogP contribution in [-0.4, -0.2) is 90.0 Å². The van der Waals surface area contributed by atoms with Gasteiger partial charge in [0.25, 0.3) is 5.91 Å². The Hall–Kier alpha value is -3.92. The van der Waals surface area contributed by atoms with Gasteiger partial charge in [-0.15, -0.1) is 0 Å². The molecular weight excluding hydrogens is 680 g/mol. The van der Waals surface area contributed by atoms with Crippen LogP contribution in [0.4, 0.5) is 9.59 Å². The molecule has 2 aliphatic carbocycles. The van der Waals surface area contributed by atoms with Crippen LogP contribution in [0.5, 0.6) is 0 Å². The fraction of sp³-hybridized carbons (Fsp3) is 0.686. The molecule has 2 saturated carbocycles. The number of carbonyl (C=O) groups is 5. The van der Waals surface area contributed by atoms with Crippen molar-refractivity contribution >= 4 is 40.1 Å². The number of fused-ring (bicyclic) bond motifs is 3. The zero-order chi connectivity index (χ0) is 36.6. The molecule has 0 spiro atoms. The minimum Gasteiger partial charge on any atom is -0.444 e. The molecule has 2 saturated heterocycles. The van der Waals surface area contributed by atoms with E-state index < -0.39 is 69.4 Å². The van der Waals surface area contributed by atoms with Crippen molar-refractivity contribution in [1.29, 1.82) is 0 Å². The van der Waals surface area contributed by atoms with Gasteiger partial charge in [-0.3, -0.25) is 19.3 Å². The zero-order valence-electron chi connectivity index (χ0n) is 29.6. The first kappa shape index (κ1) is 36.9. The van der Waals surface area contributed by atoms with Crippen molar-refractivity contribution in [1.82, 2.24) is 29.9 Å². The summed E-state index contributed by atoms with van der Waals surface area (Å²) in [6, 6.07) is 5.29. The summed E-state index contributed by atoms with van der Waals surface area (Å²) in [4.78, 5) is 71.3. The second kappa shape index (κ2) is 14.6. The van der Waals surface area contributed by atoms with Crippen molar-refractivity contribution in [3.63, 3.8) is 0 Å². The van der Waals surface area contributed by atoms with Gasteiger partial charge < -0.3 is 25.0 Å². The summed E-state index contributed by atoms with van der Waals surface area (Å²) in [6.45, 7) is 5.77. The molecule has 16 heteroatoms. The van der Waals surface area contributed by atoms with Crippen molar-refractivity contribution in [2.45, 2.75) is 140 Å². The maximum Gasteiger partial charge on any atom is 0.410 e. The summed E-state index contributed by atoms with van der Waals surface area (Å²) in [5, 5.41) is 5.55. The highest BCUT2D eigenvalue weighted by Gasteiger charge is 2.62. The number of hydrogen-bond acceptors (Lipinski definition) is 9. The maximum absolute atomic E-state index is 14.3. The van der Waals surface area contributed by atoms with Crippen molar-refractivity contribution in [3.05, 3.63) is 35.4 Å². The highest BCUT2D eigenvalue weighted by molar-refractivity contribution is 7.88. The van der Waals surface area contributed by atoms with E-state index in [-0.39, 0.29) is 31.3 Å². The van der Waals surface area contributed by atoms with Crippen LogP contribution in [0.1, 0.15) is 103 Å². The normalized spacial score (nSPS) is 28.6. The van der Waals surface area contributed by atoms with E-state index in [2.05, 4.69) is 20.1 Å². The topological polar surface area (TPSA) is 193 Å². The van der Waals surface area contributed by atoms with Gasteiger partial charge in [0, 0.05) is 25.6 Å². The number of alkyl carbamates (subject to hydrolysis) is 1. The van der Waals surface area contributed by atoms with Gasteiger partial charge in [0.1, 0.15) is 29.3 Å². The van der Waals surface area contributed by atoms with Crippen molar-refractivity contribution < 1.29 is 41.9 Å². The molecule has 3 heterocycles. The van der Waals surface area contributed by atoms with Crippen LogP contribution in [0.25, 0.3) is 0 Å². The summed E-state index contributed by atoms with van der Waals surface area (Å²) < 4.78 is 41.4. The molecule has 0 unspecified atom stereocenters. The molecule has 0 aromatic heterocycles. The van der Waals surface area contributed by atoms with E-state index in [4.69, 9.17) is 9.47 Å². The lowest BCUT2D eigenvalue weighted by Crippen LogP contribution is -2.59. The van der Waals surface area contributed by atoms with Gasteiger partial charge in [-0.25, -0.2) is 14.3 Å². The predicted molar refractivity (Wildman–Crippen MR) is 184 cm³/mol. The lowest BCUT2D eigenvalue weighted by molar-refractivity contribution is -0.141. The number of ether oxygens (including phenoxy) is 2. The first-order valence-corrected chi connectivity index (χ1v) is 19.6. The number of carbonyl (C=O) groups excluding carboxylic acids is 5. The molecule has 15 nitrogen and oxygen atoms in total. The minimum absolute atomic E-state index is 0.0485. The van der Waals surface area contributed by atoms with E-state index in [9.17, 15) is 32.4 Å². The Kier molecular flexibility index (Phi) is 10.6. The fourth-order valence-electron chi connectivity index (χ4n) is 7.36. The number of nitrogens with one attached hydrogen (secondary N) is 4. The van der Waals surface area contributed by atoms with Crippen LogP contribution in [0, 0.1) is 5.92 Å². The third-order valence-electron chi connectivity index (χ3n) is 10.2.